The molecule has 0 unspecified atom stereocenters. The Morgan fingerprint density at radius 1 is 1.26 bits per heavy atom. The van der Waals surface area contributed by atoms with Gasteiger partial charge in [0.25, 0.3) is 0 Å². The zero-order chi connectivity index (χ0) is 16.4. The average molecular weight is 322 g/mol. The van der Waals surface area contributed by atoms with Gasteiger partial charge in [-0.15, -0.1) is 0 Å². The van der Waals surface area contributed by atoms with Crippen molar-refractivity contribution in [2.24, 2.45) is 0 Å². The molecular weight excluding hydrogens is 296 g/mol. The van der Waals surface area contributed by atoms with Crippen molar-refractivity contribution in [2.75, 3.05) is 32.7 Å². The Morgan fingerprint density at radius 3 is 2.65 bits per heavy atom. The first-order valence-corrected chi connectivity index (χ1v) is 8.65. The molecule has 1 N–H and O–H groups in total. The highest BCUT2D eigenvalue weighted by Crippen LogP contribution is 2.29. The van der Waals surface area contributed by atoms with Crippen molar-refractivity contribution in [3.8, 4) is 0 Å². The smallest absolute Gasteiger partial charge is 0.324 e. The van der Waals surface area contributed by atoms with Crippen molar-refractivity contribution < 1.29 is 14.4 Å². The number of hydrogen-bond acceptors (Lipinski definition) is 4. The summed E-state index contributed by atoms with van der Waals surface area (Å²) >= 11 is 0. The van der Waals surface area contributed by atoms with Crippen LogP contribution in [0.3, 0.4) is 0 Å². The summed E-state index contributed by atoms with van der Waals surface area (Å²) in [4.78, 5) is 40.6. The number of carbonyl (C=O) groups excluding carboxylic acids is 3. The van der Waals surface area contributed by atoms with Gasteiger partial charge in [-0.05, 0) is 38.6 Å². The van der Waals surface area contributed by atoms with Crippen molar-refractivity contribution in [3.63, 3.8) is 0 Å². The molecule has 2 heterocycles. The van der Waals surface area contributed by atoms with Crippen LogP contribution >= 0.6 is 0 Å². The number of amides is 4. The Labute approximate surface area is 137 Å². The van der Waals surface area contributed by atoms with Gasteiger partial charge in [-0.3, -0.25) is 19.4 Å². The van der Waals surface area contributed by atoms with E-state index in [0.717, 1.165) is 51.7 Å². The summed E-state index contributed by atoms with van der Waals surface area (Å²) in [5, 5.41) is 2.54. The molecule has 0 aromatic rings. The maximum absolute atomic E-state index is 11.8. The summed E-state index contributed by atoms with van der Waals surface area (Å²) < 4.78 is 0. The Kier molecular flexibility index (Phi) is 4.84. The molecule has 7 heteroatoms. The zero-order valence-electron chi connectivity index (χ0n) is 13.8. The van der Waals surface area contributed by atoms with Crippen LogP contribution in [0.4, 0.5) is 4.79 Å². The van der Waals surface area contributed by atoms with E-state index in [1.807, 2.05) is 4.90 Å². The van der Waals surface area contributed by atoms with E-state index < -0.39 is 0 Å². The van der Waals surface area contributed by atoms with E-state index in [-0.39, 0.29) is 24.4 Å². The SMILES string of the molecule is CC(=O)N(C[C@@H]1CCCN1CCCN1C(=O)CNC1=O)C1CC1. The van der Waals surface area contributed by atoms with Crippen LogP contribution in [0, 0.1) is 0 Å². The first kappa shape index (κ1) is 16.2. The lowest BCUT2D eigenvalue weighted by Gasteiger charge is -2.30. The summed E-state index contributed by atoms with van der Waals surface area (Å²) in [5.74, 6) is 0.0446. The lowest BCUT2D eigenvalue weighted by molar-refractivity contribution is -0.130. The molecule has 1 atom stereocenters. The van der Waals surface area contributed by atoms with E-state index in [1.165, 1.54) is 4.90 Å². The van der Waals surface area contributed by atoms with Crippen molar-refractivity contribution in [3.05, 3.63) is 0 Å². The fourth-order valence-electron chi connectivity index (χ4n) is 3.66. The van der Waals surface area contributed by atoms with Crippen LogP contribution in [-0.2, 0) is 9.59 Å². The number of nitrogens with zero attached hydrogens (tertiary/aromatic N) is 3. The molecule has 3 fully saturated rings. The molecule has 0 bridgehead atoms. The predicted octanol–water partition coefficient (Wildman–Crippen LogP) is 0.404. The molecule has 3 rings (SSSR count). The largest absolute Gasteiger partial charge is 0.338 e. The lowest BCUT2D eigenvalue weighted by Crippen LogP contribution is -2.44. The second-order valence-corrected chi connectivity index (χ2v) is 6.79. The van der Waals surface area contributed by atoms with E-state index in [1.54, 1.807) is 6.92 Å². The standard InChI is InChI=1S/C16H26N4O3/c1-12(21)20(13-5-6-13)11-14-4-2-7-18(14)8-3-9-19-15(22)10-17-16(19)23/h13-14H,2-11H2,1H3,(H,17,23)/t14-/m0/s1. The number of rotatable bonds is 7. The van der Waals surface area contributed by atoms with Gasteiger partial charge in [-0.1, -0.05) is 0 Å². The molecule has 0 aromatic heterocycles. The molecule has 1 saturated carbocycles. The molecule has 2 aliphatic heterocycles. The van der Waals surface area contributed by atoms with E-state index >= 15 is 0 Å². The molecule has 23 heavy (non-hydrogen) atoms. The van der Waals surface area contributed by atoms with Crippen molar-refractivity contribution in [2.45, 2.75) is 51.1 Å². The molecule has 0 radical (unpaired) electrons. The first-order chi connectivity index (χ1) is 11.1. The van der Waals surface area contributed by atoms with Crippen molar-refractivity contribution in [1.29, 1.82) is 0 Å². The summed E-state index contributed by atoms with van der Waals surface area (Å²) in [5.41, 5.74) is 0. The Hall–Kier alpha value is -1.63. The highest BCUT2D eigenvalue weighted by molar-refractivity contribution is 6.01. The maximum Gasteiger partial charge on any atom is 0.324 e. The van der Waals surface area contributed by atoms with Crippen LogP contribution in [0.5, 0.6) is 0 Å². The minimum absolute atomic E-state index is 0.125. The molecule has 7 nitrogen and oxygen atoms in total. The van der Waals surface area contributed by atoms with Crippen LogP contribution in [0.1, 0.15) is 39.0 Å². The summed E-state index contributed by atoms with van der Waals surface area (Å²) in [6.45, 7) is 5.00. The Balaban J connectivity index is 1.46. The Bertz CT molecular complexity index is 476. The predicted molar refractivity (Wildman–Crippen MR) is 84.7 cm³/mol. The quantitative estimate of drug-likeness (QED) is 0.689. The van der Waals surface area contributed by atoms with Gasteiger partial charge in [0, 0.05) is 38.6 Å². The zero-order valence-corrected chi connectivity index (χ0v) is 13.8. The maximum atomic E-state index is 11.8. The molecule has 1 aliphatic carbocycles. The number of hydrogen-bond donors (Lipinski definition) is 1. The molecule has 128 valence electrons. The second-order valence-electron chi connectivity index (χ2n) is 6.79. The highest BCUT2D eigenvalue weighted by atomic mass is 16.2. The van der Waals surface area contributed by atoms with E-state index in [4.69, 9.17) is 0 Å². The highest BCUT2D eigenvalue weighted by Gasteiger charge is 2.35. The van der Waals surface area contributed by atoms with Crippen LogP contribution in [0.25, 0.3) is 0 Å². The summed E-state index contributed by atoms with van der Waals surface area (Å²) in [7, 11) is 0. The lowest BCUT2D eigenvalue weighted by atomic mass is 10.2. The number of carbonyl (C=O) groups is 3. The molecule has 4 amide bonds. The number of imide groups is 1. The van der Waals surface area contributed by atoms with Gasteiger partial charge >= 0.3 is 6.03 Å². The molecule has 3 aliphatic rings. The molecule has 0 spiro atoms. The summed E-state index contributed by atoms with van der Waals surface area (Å²) in [6, 6.07) is 0.605. The van der Waals surface area contributed by atoms with Crippen molar-refractivity contribution in [1.82, 2.24) is 20.0 Å². The number of nitrogens with one attached hydrogen (secondary N) is 1. The fourth-order valence-corrected chi connectivity index (χ4v) is 3.66. The van der Waals surface area contributed by atoms with Crippen LogP contribution < -0.4 is 5.32 Å². The van der Waals surface area contributed by atoms with Crippen molar-refractivity contribution >= 4 is 17.8 Å². The van der Waals surface area contributed by atoms with Gasteiger partial charge in [0.15, 0.2) is 0 Å². The van der Waals surface area contributed by atoms with Gasteiger partial charge in [-0.25, -0.2) is 4.79 Å². The third kappa shape index (κ3) is 3.83. The van der Waals surface area contributed by atoms with Crippen LogP contribution in [0.2, 0.25) is 0 Å². The number of urea groups is 1. The van der Waals surface area contributed by atoms with Gasteiger partial charge in [-0.2, -0.15) is 0 Å². The van der Waals surface area contributed by atoms with Crippen LogP contribution in [0.15, 0.2) is 0 Å². The Morgan fingerprint density at radius 2 is 2.04 bits per heavy atom. The fraction of sp³-hybridized carbons (Fsp3) is 0.812. The first-order valence-electron chi connectivity index (χ1n) is 8.65. The molecule has 0 aromatic carbocycles. The topological polar surface area (TPSA) is 73.0 Å². The van der Waals surface area contributed by atoms with Gasteiger partial charge < -0.3 is 10.2 Å². The minimum atomic E-state index is -0.274. The van der Waals surface area contributed by atoms with Gasteiger partial charge in [0.05, 0.1) is 6.54 Å². The third-order valence-corrected chi connectivity index (χ3v) is 5.06. The average Bonchev–Trinajstić information content (AvgIpc) is 3.18. The molecular formula is C16H26N4O3. The van der Waals surface area contributed by atoms with Gasteiger partial charge in [0.2, 0.25) is 11.8 Å². The van der Waals surface area contributed by atoms with E-state index in [2.05, 4.69) is 10.2 Å². The minimum Gasteiger partial charge on any atom is -0.338 e. The normalized spacial score (nSPS) is 25.1. The third-order valence-electron chi connectivity index (χ3n) is 5.06. The second kappa shape index (κ2) is 6.86. The number of likely N-dealkylation sites (tertiary alicyclic amines) is 1. The molecule has 2 saturated heterocycles. The van der Waals surface area contributed by atoms with Crippen LogP contribution in [-0.4, -0.2) is 77.4 Å². The van der Waals surface area contributed by atoms with Gasteiger partial charge in [0.1, 0.15) is 0 Å². The van der Waals surface area contributed by atoms with E-state index in [9.17, 15) is 14.4 Å². The van der Waals surface area contributed by atoms with E-state index in [0.29, 0.717) is 18.6 Å². The monoisotopic (exact) mass is 322 g/mol. The summed E-state index contributed by atoms with van der Waals surface area (Å²) in [6.07, 6.45) is 5.35.